The molecular weight excluding hydrogens is 483 g/mol. The number of methoxy groups -OCH3 is 1. The number of hydrogen-bond donors (Lipinski definition) is 1. The molecule has 5 rings (SSSR count). The summed E-state index contributed by atoms with van der Waals surface area (Å²) in [6.07, 6.45) is 6.52. The van der Waals surface area contributed by atoms with Crippen LogP contribution in [0.4, 0.5) is 18.9 Å². The number of benzene rings is 2. The number of allylic oxidation sites excluding steroid dienone is 2. The molecule has 1 aromatic heterocycles. The van der Waals surface area contributed by atoms with Crippen molar-refractivity contribution in [3.63, 3.8) is 0 Å². The summed E-state index contributed by atoms with van der Waals surface area (Å²) >= 11 is 6.29. The van der Waals surface area contributed by atoms with Crippen molar-refractivity contribution in [1.29, 1.82) is 0 Å². The molecule has 1 amide bonds. The first-order chi connectivity index (χ1) is 16.7. The Labute approximate surface area is 202 Å². The fourth-order valence-electron chi connectivity index (χ4n) is 3.98. The molecule has 0 fully saturated rings. The van der Waals surface area contributed by atoms with Crippen LogP contribution in [0.1, 0.15) is 17.3 Å². The molecule has 11 heteroatoms. The fourth-order valence-corrected chi connectivity index (χ4v) is 4.19. The van der Waals surface area contributed by atoms with E-state index in [0.717, 1.165) is 23.5 Å². The zero-order chi connectivity index (χ0) is 24.9. The number of carbonyl (C=O) groups excluding carboxylic acids is 1. The van der Waals surface area contributed by atoms with Crippen LogP contribution in [-0.4, -0.2) is 33.3 Å². The van der Waals surface area contributed by atoms with Crippen molar-refractivity contribution >= 4 is 29.0 Å². The zero-order valence-corrected chi connectivity index (χ0v) is 19.1. The molecule has 2 aliphatic rings. The molecule has 0 saturated heterocycles. The zero-order valence-electron chi connectivity index (χ0n) is 18.4. The lowest BCUT2D eigenvalue weighted by atomic mass is 10.0. The number of fused-ring (bicyclic) bond motifs is 1. The maximum absolute atomic E-state index is 13.8. The highest BCUT2D eigenvalue weighted by Crippen LogP contribution is 2.36. The monoisotopic (exact) mass is 499 g/mol. The number of amides is 1. The molecule has 2 aliphatic heterocycles. The molecule has 0 spiro atoms. The van der Waals surface area contributed by atoms with E-state index in [2.05, 4.69) is 15.3 Å². The number of halogens is 4. The number of carbonyl (C=O) groups is 1. The van der Waals surface area contributed by atoms with Crippen molar-refractivity contribution in [1.82, 2.24) is 14.5 Å². The van der Waals surface area contributed by atoms with E-state index >= 15 is 0 Å². The first-order valence-electron chi connectivity index (χ1n) is 10.4. The predicted octanol–water partition coefficient (Wildman–Crippen LogP) is 4.98. The summed E-state index contributed by atoms with van der Waals surface area (Å²) in [5.41, 5.74) is 2.52. The van der Waals surface area contributed by atoms with Gasteiger partial charge in [-0.05, 0) is 42.8 Å². The number of rotatable bonds is 5. The van der Waals surface area contributed by atoms with E-state index in [-0.39, 0.29) is 16.4 Å². The fraction of sp³-hybridized carbons (Fsp3) is 0.125. The van der Waals surface area contributed by atoms with Crippen LogP contribution in [0.15, 0.2) is 70.9 Å². The Morgan fingerprint density at radius 2 is 1.89 bits per heavy atom. The highest BCUT2D eigenvalue weighted by atomic mass is 35.5. The van der Waals surface area contributed by atoms with Gasteiger partial charge in [-0.3, -0.25) is 4.79 Å². The van der Waals surface area contributed by atoms with Crippen LogP contribution in [0.2, 0.25) is 0 Å². The molecule has 1 N–H and O–H groups in total. The Balaban J connectivity index is 1.46. The van der Waals surface area contributed by atoms with Gasteiger partial charge in [0.2, 0.25) is 0 Å². The van der Waals surface area contributed by atoms with Gasteiger partial charge in [-0.25, -0.2) is 18.2 Å². The number of imidazole rings is 1. The van der Waals surface area contributed by atoms with E-state index < -0.39 is 29.4 Å². The summed E-state index contributed by atoms with van der Waals surface area (Å²) in [4.78, 5) is 22.4. The normalized spacial score (nSPS) is 17.1. The molecule has 35 heavy (non-hydrogen) atoms. The molecule has 2 aromatic carbocycles. The van der Waals surface area contributed by atoms with Gasteiger partial charge in [-0.1, -0.05) is 11.6 Å². The summed E-state index contributed by atoms with van der Waals surface area (Å²) in [6, 6.07) is 5.72. The summed E-state index contributed by atoms with van der Waals surface area (Å²) in [6.45, 7) is 1.88. The molecule has 3 aromatic rings. The van der Waals surface area contributed by atoms with Crippen molar-refractivity contribution < 1.29 is 22.7 Å². The van der Waals surface area contributed by atoms with Crippen LogP contribution in [0.25, 0.3) is 5.69 Å². The summed E-state index contributed by atoms with van der Waals surface area (Å²) in [5.74, 6) is -4.34. The van der Waals surface area contributed by atoms with Crippen molar-refractivity contribution in [2.24, 2.45) is 4.99 Å². The standard InChI is InChI=1S/C24H17ClF3N5O2/c1-12-9-32(11-29-12)19-4-3-15(8-20(19)35-2)30-18-7-14(25)10-33-22(24(34)31-23(18)33)13-5-16(26)21(28)17(27)6-13/h3-11,22,30H,1-2H3. The molecule has 0 bridgehead atoms. The number of amidine groups is 1. The third kappa shape index (κ3) is 4.06. The van der Waals surface area contributed by atoms with Crippen LogP contribution in [-0.2, 0) is 4.79 Å². The maximum atomic E-state index is 13.8. The summed E-state index contributed by atoms with van der Waals surface area (Å²) < 4.78 is 48.5. The van der Waals surface area contributed by atoms with Gasteiger partial charge in [-0.2, -0.15) is 4.99 Å². The maximum Gasteiger partial charge on any atom is 0.275 e. The van der Waals surface area contributed by atoms with Gasteiger partial charge >= 0.3 is 0 Å². The van der Waals surface area contributed by atoms with Crippen LogP contribution in [0.3, 0.4) is 0 Å². The average molecular weight is 500 g/mol. The number of ether oxygens (including phenoxy) is 1. The minimum atomic E-state index is -1.61. The lowest BCUT2D eigenvalue weighted by Crippen LogP contribution is -2.32. The third-order valence-electron chi connectivity index (χ3n) is 5.53. The van der Waals surface area contributed by atoms with Crippen molar-refractivity contribution in [2.75, 3.05) is 12.4 Å². The molecule has 1 atom stereocenters. The van der Waals surface area contributed by atoms with Gasteiger partial charge in [-0.15, -0.1) is 0 Å². The van der Waals surface area contributed by atoms with Crippen molar-refractivity contribution in [2.45, 2.75) is 13.0 Å². The lowest BCUT2D eigenvalue weighted by Gasteiger charge is -2.28. The largest absolute Gasteiger partial charge is 0.494 e. The van der Waals surface area contributed by atoms with E-state index in [1.54, 1.807) is 31.6 Å². The molecule has 0 saturated carbocycles. The Kier molecular flexibility index (Phi) is 5.60. The van der Waals surface area contributed by atoms with E-state index in [9.17, 15) is 18.0 Å². The molecule has 7 nitrogen and oxygen atoms in total. The number of hydrogen-bond acceptors (Lipinski definition) is 5. The first-order valence-corrected chi connectivity index (χ1v) is 10.7. The van der Waals surface area contributed by atoms with Gasteiger partial charge < -0.3 is 19.5 Å². The van der Waals surface area contributed by atoms with Gasteiger partial charge in [0.15, 0.2) is 23.3 Å². The SMILES string of the molecule is COc1cc(NC2=CC(Cl)=CN3C2=NC(=O)C3c2cc(F)c(F)c(F)c2)ccc1-n1cnc(C)c1. The molecular formula is C24H17ClF3N5O2. The Bertz CT molecular complexity index is 1440. The minimum Gasteiger partial charge on any atom is -0.494 e. The number of aryl methyl sites for hydroxylation is 1. The second kappa shape index (κ2) is 8.62. The van der Waals surface area contributed by atoms with Crippen LogP contribution < -0.4 is 10.1 Å². The van der Waals surface area contributed by atoms with Gasteiger partial charge in [0, 0.05) is 24.2 Å². The summed E-state index contributed by atoms with van der Waals surface area (Å²) in [7, 11) is 1.54. The Hall–Kier alpha value is -4.05. The van der Waals surface area contributed by atoms with E-state index in [4.69, 9.17) is 16.3 Å². The highest BCUT2D eigenvalue weighted by molar-refractivity contribution is 6.32. The second-order valence-corrected chi connectivity index (χ2v) is 8.32. The molecule has 0 aliphatic carbocycles. The average Bonchev–Trinajstić information content (AvgIpc) is 3.39. The van der Waals surface area contributed by atoms with Crippen molar-refractivity contribution in [3.05, 3.63) is 94.6 Å². The highest BCUT2D eigenvalue weighted by Gasteiger charge is 2.39. The summed E-state index contributed by atoms with van der Waals surface area (Å²) in [5, 5.41) is 3.41. The smallest absolute Gasteiger partial charge is 0.275 e. The number of aromatic nitrogens is 2. The van der Waals surface area contributed by atoms with E-state index in [1.165, 1.54) is 11.1 Å². The van der Waals surface area contributed by atoms with Gasteiger partial charge in [0.25, 0.3) is 5.91 Å². The van der Waals surface area contributed by atoms with Gasteiger partial charge in [0.1, 0.15) is 11.8 Å². The topological polar surface area (TPSA) is 71.8 Å². The van der Waals surface area contributed by atoms with Gasteiger partial charge in [0.05, 0.1) is 35.5 Å². The number of aliphatic imine (C=N–C) groups is 1. The third-order valence-corrected chi connectivity index (χ3v) is 5.74. The second-order valence-electron chi connectivity index (χ2n) is 7.89. The molecule has 1 unspecified atom stereocenters. The Morgan fingerprint density at radius 1 is 1.14 bits per heavy atom. The predicted molar refractivity (Wildman–Crippen MR) is 124 cm³/mol. The van der Waals surface area contributed by atoms with E-state index in [0.29, 0.717) is 17.1 Å². The molecule has 178 valence electrons. The van der Waals surface area contributed by atoms with Crippen LogP contribution in [0, 0.1) is 24.4 Å². The minimum absolute atomic E-state index is 0.0891. The van der Waals surface area contributed by atoms with Crippen LogP contribution in [0.5, 0.6) is 5.75 Å². The first kappa shape index (κ1) is 22.7. The quantitative estimate of drug-likeness (QED) is 0.501. The number of anilines is 1. The van der Waals surface area contributed by atoms with E-state index in [1.807, 2.05) is 23.8 Å². The van der Waals surface area contributed by atoms with Crippen molar-refractivity contribution in [3.8, 4) is 11.4 Å². The molecule has 3 heterocycles. The Morgan fingerprint density at radius 3 is 2.54 bits per heavy atom. The number of nitrogens with zero attached hydrogens (tertiary/aromatic N) is 4. The lowest BCUT2D eigenvalue weighted by molar-refractivity contribution is -0.120. The van der Waals surface area contributed by atoms with Crippen LogP contribution >= 0.6 is 11.6 Å². The molecule has 0 radical (unpaired) electrons. The number of nitrogens with one attached hydrogen (secondary N) is 1.